The first-order valence-corrected chi connectivity index (χ1v) is 10.7. The Balaban J connectivity index is 1.96. The van der Waals surface area contributed by atoms with Crippen LogP contribution in [0.25, 0.3) is 0 Å². The van der Waals surface area contributed by atoms with Crippen LogP contribution in [0.4, 0.5) is 21.9 Å². The van der Waals surface area contributed by atoms with E-state index in [1.165, 1.54) is 18.2 Å². The molecule has 0 spiro atoms. The fourth-order valence-electron chi connectivity index (χ4n) is 3.47. The molecule has 1 amide bonds. The summed E-state index contributed by atoms with van der Waals surface area (Å²) in [7, 11) is 0. The minimum atomic E-state index is -1.07. The highest BCUT2D eigenvalue weighted by atomic mass is 35.5. The first-order valence-electron chi connectivity index (χ1n) is 9.98. The number of nitrogens with zero attached hydrogens (tertiary/aromatic N) is 4. The molecule has 172 valence electrons. The smallest absolute Gasteiger partial charge is 0.333 e. The van der Waals surface area contributed by atoms with E-state index in [-0.39, 0.29) is 11.5 Å². The summed E-state index contributed by atoms with van der Waals surface area (Å²) in [5, 5.41) is 13.4. The number of primary amides is 1. The Labute approximate surface area is 204 Å². The summed E-state index contributed by atoms with van der Waals surface area (Å²) >= 11 is 12.6. The number of anilines is 1. The Bertz CT molecular complexity index is 1360. The number of aliphatic imine (C=N–C) groups is 2. The molecule has 34 heavy (non-hydrogen) atoms. The first-order chi connectivity index (χ1) is 16.2. The Morgan fingerprint density at radius 3 is 2.53 bits per heavy atom. The van der Waals surface area contributed by atoms with Crippen molar-refractivity contribution in [1.29, 1.82) is 0 Å². The number of benzene rings is 3. The third-order valence-electron chi connectivity index (χ3n) is 4.94. The molecule has 0 saturated heterocycles. The van der Waals surface area contributed by atoms with Gasteiger partial charge in [0.05, 0.1) is 22.0 Å². The van der Waals surface area contributed by atoms with Crippen molar-refractivity contribution in [2.24, 2.45) is 15.7 Å². The molecule has 0 radical (unpaired) electrons. The lowest BCUT2D eigenvalue weighted by molar-refractivity contribution is -0.384. The van der Waals surface area contributed by atoms with Gasteiger partial charge in [-0.25, -0.2) is 9.79 Å². The Hall–Kier alpha value is -3.95. The van der Waals surface area contributed by atoms with Crippen molar-refractivity contribution in [3.63, 3.8) is 0 Å². The van der Waals surface area contributed by atoms with Crippen LogP contribution in [0.2, 0.25) is 10.0 Å². The molecule has 11 heteroatoms. The molecule has 3 aromatic rings. The minimum Gasteiger partial charge on any atom is -0.333 e. The Morgan fingerprint density at radius 1 is 1.09 bits per heavy atom. The van der Waals surface area contributed by atoms with Gasteiger partial charge in [0, 0.05) is 33.3 Å². The predicted octanol–water partition coefficient (Wildman–Crippen LogP) is 5.69. The molecule has 0 aliphatic carbocycles. The third kappa shape index (κ3) is 4.70. The highest BCUT2D eigenvalue weighted by Crippen LogP contribution is 2.34. The highest BCUT2D eigenvalue weighted by molar-refractivity contribution is 6.36. The zero-order valence-corrected chi connectivity index (χ0v) is 19.2. The van der Waals surface area contributed by atoms with Crippen LogP contribution in [0.1, 0.15) is 18.1 Å². The summed E-state index contributed by atoms with van der Waals surface area (Å²) < 4.78 is 0. The second-order valence-corrected chi connectivity index (χ2v) is 8.09. The van der Waals surface area contributed by atoms with Crippen LogP contribution in [0, 0.1) is 10.1 Å². The van der Waals surface area contributed by atoms with Gasteiger partial charge < -0.3 is 10.6 Å². The van der Waals surface area contributed by atoms with Gasteiger partial charge in [-0.3, -0.25) is 15.1 Å². The van der Waals surface area contributed by atoms with Gasteiger partial charge in [-0.1, -0.05) is 47.5 Å². The van der Waals surface area contributed by atoms with Crippen LogP contribution in [0.5, 0.6) is 0 Å². The fraction of sp³-hybridized carbons (Fsp3) is 0.0870. The van der Waals surface area contributed by atoms with Crippen LogP contribution in [0.15, 0.2) is 76.7 Å². The number of amidine groups is 1. The van der Waals surface area contributed by atoms with Crippen molar-refractivity contribution in [2.45, 2.75) is 13.0 Å². The molecule has 1 atom stereocenters. The number of amides is 1. The normalized spacial score (nSPS) is 14.9. The van der Waals surface area contributed by atoms with Gasteiger partial charge in [0.1, 0.15) is 6.04 Å². The highest BCUT2D eigenvalue weighted by Gasteiger charge is 2.29. The molecule has 0 aromatic heterocycles. The van der Waals surface area contributed by atoms with Gasteiger partial charge in [-0.15, -0.1) is 0 Å². The monoisotopic (exact) mass is 497 g/mol. The largest absolute Gasteiger partial charge is 0.429 e. The number of non-ortho nitro benzene ring substituents is 1. The average molecular weight is 498 g/mol. The zero-order chi connectivity index (χ0) is 24.4. The van der Waals surface area contributed by atoms with E-state index in [9.17, 15) is 14.9 Å². The summed E-state index contributed by atoms with van der Waals surface area (Å²) in [4.78, 5) is 37.4. The number of nitrogens with two attached hydrogens (primary N) is 1. The number of hydroxylamine groups is 1. The topological polar surface area (TPSA) is 123 Å². The van der Waals surface area contributed by atoms with E-state index in [2.05, 4.69) is 4.99 Å². The van der Waals surface area contributed by atoms with Gasteiger partial charge in [0.2, 0.25) is 0 Å². The number of nitro groups is 1. The molecular weight excluding hydrogens is 481 g/mol. The fourth-order valence-corrected chi connectivity index (χ4v) is 3.88. The molecule has 9 nitrogen and oxygen atoms in total. The predicted molar refractivity (Wildman–Crippen MR) is 131 cm³/mol. The van der Waals surface area contributed by atoms with Crippen molar-refractivity contribution in [3.8, 4) is 0 Å². The average Bonchev–Trinajstić information content (AvgIpc) is 2.93. The second kappa shape index (κ2) is 9.50. The molecule has 0 saturated carbocycles. The molecule has 2 N–H and O–H groups in total. The molecule has 1 aliphatic rings. The van der Waals surface area contributed by atoms with Gasteiger partial charge in [0.15, 0.2) is 5.84 Å². The van der Waals surface area contributed by atoms with Gasteiger partial charge in [-0.2, -0.15) is 5.06 Å². The van der Waals surface area contributed by atoms with Crippen LogP contribution in [0.3, 0.4) is 0 Å². The summed E-state index contributed by atoms with van der Waals surface area (Å²) in [6.07, 6.45) is -1.07. The standard InChI is InChI=1S/C23H17Cl2N5O4/c1-13-22(29(34-23(26)31)15-6-4-5-14(24)11-15)28-20-10-9-16(30(32)33)12-18(20)21(27-13)17-7-2-3-8-19(17)25/h2-13H,1H3,(H2,26,31). The van der Waals surface area contributed by atoms with Crippen molar-refractivity contribution < 1.29 is 14.6 Å². The van der Waals surface area contributed by atoms with Gasteiger partial charge in [0.25, 0.3) is 5.69 Å². The van der Waals surface area contributed by atoms with Gasteiger partial charge in [-0.05, 0) is 37.3 Å². The first kappa shape index (κ1) is 23.2. The van der Waals surface area contributed by atoms with E-state index >= 15 is 0 Å². The van der Waals surface area contributed by atoms with E-state index < -0.39 is 17.1 Å². The molecule has 1 unspecified atom stereocenters. The molecular formula is C23H17Cl2N5O4. The van der Waals surface area contributed by atoms with Crippen LogP contribution < -0.4 is 10.8 Å². The number of hydrogen-bond donors (Lipinski definition) is 1. The van der Waals surface area contributed by atoms with Crippen LogP contribution in [-0.2, 0) is 4.84 Å². The van der Waals surface area contributed by atoms with E-state index in [0.29, 0.717) is 38.3 Å². The lowest BCUT2D eigenvalue weighted by Crippen LogP contribution is -2.40. The number of carbonyl (C=O) groups is 1. The lowest BCUT2D eigenvalue weighted by atomic mass is 10.00. The van der Waals surface area contributed by atoms with E-state index in [1.54, 1.807) is 55.5 Å². The Morgan fingerprint density at radius 2 is 1.85 bits per heavy atom. The van der Waals surface area contributed by atoms with Crippen molar-refractivity contribution >= 4 is 57.9 Å². The van der Waals surface area contributed by atoms with Crippen molar-refractivity contribution in [2.75, 3.05) is 5.06 Å². The zero-order valence-electron chi connectivity index (χ0n) is 17.7. The maximum absolute atomic E-state index is 11.7. The Kier molecular flexibility index (Phi) is 6.49. The molecule has 4 rings (SSSR count). The van der Waals surface area contributed by atoms with Crippen molar-refractivity contribution in [1.82, 2.24) is 0 Å². The maximum Gasteiger partial charge on any atom is 0.429 e. The number of halogens is 2. The molecule has 0 fully saturated rings. The maximum atomic E-state index is 11.7. The quantitative estimate of drug-likeness (QED) is 0.367. The SMILES string of the molecule is CC1N=C(c2ccccc2Cl)c2cc([N+](=O)[O-])ccc2N=C1N(OC(N)=O)c1cccc(Cl)c1. The summed E-state index contributed by atoms with van der Waals surface area (Å²) in [6, 6.07) is 17.1. The molecule has 1 heterocycles. The molecule has 1 aliphatic heterocycles. The van der Waals surface area contributed by atoms with E-state index in [1.807, 2.05) is 0 Å². The number of hydrogen-bond acceptors (Lipinski definition) is 7. The lowest BCUT2D eigenvalue weighted by Gasteiger charge is -2.25. The van der Waals surface area contributed by atoms with Gasteiger partial charge >= 0.3 is 6.09 Å². The number of fused-ring (bicyclic) bond motifs is 1. The van der Waals surface area contributed by atoms with E-state index in [0.717, 1.165) is 5.06 Å². The number of carbonyl (C=O) groups excluding carboxylic acids is 1. The second-order valence-electron chi connectivity index (χ2n) is 7.25. The third-order valence-corrected chi connectivity index (χ3v) is 5.50. The molecule has 0 bridgehead atoms. The van der Waals surface area contributed by atoms with Crippen molar-refractivity contribution in [3.05, 3.63) is 98.0 Å². The van der Waals surface area contributed by atoms with Crippen LogP contribution >= 0.6 is 23.2 Å². The van der Waals surface area contributed by atoms with E-state index in [4.69, 9.17) is 38.8 Å². The number of rotatable bonds is 3. The summed E-state index contributed by atoms with van der Waals surface area (Å²) in [5.74, 6) is 0.207. The molecule has 3 aromatic carbocycles. The van der Waals surface area contributed by atoms with Crippen LogP contribution in [-0.4, -0.2) is 28.6 Å². The summed E-state index contributed by atoms with van der Waals surface area (Å²) in [5.41, 5.74) is 7.31. The minimum absolute atomic E-state index is 0.134. The summed E-state index contributed by atoms with van der Waals surface area (Å²) in [6.45, 7) is 1.73. The number of nitro benzene ring substituents is 1.